The molecule has 0 aliphatic heterocycles. The Bertz CT molecular complexity index is 684. The molecule has 0 spiro atoms. The SMILES string of the molecule is Cc1nc(Sc2ncnc3ccccc23)oc1C. The van der Waals surface area contributed by atoms with Crippen molar-refractivity contribution in [1.29, 1.82) is 0 Å². The Morgan fingerprint density at radius 1 is 1.11 bits per heavy atom. The van der Waals surface area contributed by atoms with Gasteiger partial charge in [0.25, 0.3) is 5.22 Å². The van der Waals surface area contributed by atoms with Crippen LogP contribution < -0.4 is 0 Å². The second-order valence-corrected chi connectivity index (χ2v) is 4.86. The summed E-state index contributed by atoms with van der Waals surface area (Å²) in [6.07, 6.45) is 1.56. The Kier molecular flexibility index (Phi) is 2.76. The van der Waals surface area contributed by atoms with Gasteiger partial charge in [-0.3, -0.25) is 0 Å². The van der Waals surface area contributed by atoms with Gasteiger partial charge in [0.1, 0.15) is 17.1 Å². The molecule has 0 amide bonds. The van der Waals surface area contributed by atoms with E-state index in [1.54, 1.807) is 6.33 Å². The predicted octanol–water partition coefficient (Wildman–Crippen LogP) is 3.39. The molecule has 0 atom stereocenters. The number of fused-ring (bicyclic) bond motifs is 1. The van der Waals surface area contributed by atoms with Crippen molar-refractivity contribution in [2.75, 3.05) is 0 Å². The van der Waals surface area contributed by atoms with Gasteiger partial charge >= 0.3 is 0 Å². The molecule has 0 aliphatic rings. The molecule has 4 nitrogen and oxygen atoms in total. The summed E-state index contributed by atoms with van der Waals surface area (Å²) < 4.78 is 5.56. The van der Waals surface area contributed by atoms with E-state index in [1.165, 1.54) is 11.8 Å². The first kappa shape index (κ1) is 11.2. The molecule has 0 saturated carbocycles. The van der Waals surface area contributed by atoms with Crippen LogP contribution in [0.2, 0.25) is 0 Å². The van der Waals surface area contributed by atoms with Gasteiger partial charge in [0.15, 0.2) is 0 Å². The first-order valence-electron chi connectivity index (χ1n) is 5.55. The molecule has 5 heteroatoms. The highest BCUT2D eigenvalue weighted by Gasteiger charge is 2.11. The standard InChI is InChI=1S/C13H11N3OS/c1-8-9(2)17-13(16-8)18-12-10-5-3-4-6-11(10)14-7-15-12/h3-7H,1-2H3. The van der Waals surface area contributed by atoms with Crippen molar-refractivity contribution in [2.45, 2.75) is 24.1 Å². The molecule has 2 aromatic heterocycles. The number of aryl methyl sites for hydroxylation is 2. The van der Waals surface area contributed by atoms with E-state index in [4.69, 9.17) is 4.42 Å². The number of hydrogen-bond acceptors (Lipinski definition) is 5. The number of nitrogens with zero attached hydrogens (tertiary/aromatic N) is 3. The van der Waals surface area contributed by atoms with E-state index in [0.29, 0.717) is 5.22 Å². The lowest BCUT2D eigenvalue weighted by Gasteiger charge is -2.01. The summed E-state index contributed by atoms with van der Waals surface area (Å²) in [5, 5.41) is 2.49. The molecule has 90 valence electrons. The van der Waals surface area contributed by atoms with E-state index in [2.05, 4.69) is 15.0 Å². The Balaban J connectivity index is 2.04. The molecular weight excluding hydrogens is 246 g/mol. The third kappa shape index (κ3) is 1.97. The van der Waals surface area contributed by atoms with Gasteiger partial charge in [-0.05, 0) is 31.7 Å². The van der Waals surface area contributed by atoms with Crippen LogP contribution in [-0.4, -0.2) is 15.0 Å². The Labute approximate surface area is 108 Å². The summed E-state index contributed by atoms with van der Waals surface area (Å²) in [5.41, 5.74) is 1.84. The molecule has 2 heterocycles. The van der Waals surface area contributed by atoms with Crippen molar-refractivity contribution < 1.29 is 4.42 Å². The van der Waals surface area contributed by atoms with E-state index >= 15 is 0 Å². The molecule has 1 aromatic carbocycles. The molecule has 3 aromatic rings. The van der Waals surface area contributed by atoms with Crippen LogP contribution in [0.4, 0.5) is 0 Å². The molecule has 3 rings (SSSR count). The second-order valence-electron chi connectivity index (χ2n) is 3.92. The van der Waals surface area contributed by atoms with E-state index in [0.717, 1.165) is 27.4 Å². The maximum Gasteiger partial charge on any atom is 0.262 e. The summed E-state index contributed by atoms with van der Waals surface area (Å²) in [7, 11) is 0. The summed E-state index contributed by atoms with van der Waals surface area (Å²) in [6.45, 7) is 3.84. The summed E-state index contributed by atoms with van der Waals surface area (Å²) >= 11 is 1.42. The number of para-hydroxylation sites is 1. The van der Waals surface area contributed by atoms with Crippen LogP contribution in [0.5, 0.6) is 0 Å². The number of benzene rings is 1. The quantitative estimate of drug-likeness (QED) is 0.659. The molecule has 0 radical (unpaired) electrons. The van der Waals surface area contributed by atoms with Crippen molar-refractivity contribution in [3.63, 3.8) is 0 Å². The van der Waals surface area contributed by atoms with Crippen LogP contribution in [0.15, 0.2) is 45.3 Å². The summed E-state index contributed by atoms with van der Waals surface area (Å²) in [6, 6.07) is 7.90. The van der Waals surface area contributed by atoms with Crippen molar-refractivity contribution in [3.8, 4) is 0 Å². The molecular formula is C13H11N3OS. The van der Waals surface area contributed by atoms with E-state index in [-0.39, 0.29) is 0 Å². The van der Waals surface area contributed by atoms with Crippen LogP contribution in [0.25, 0.3) is 10.9 Å². The molecule has 0 aliphatic carbocycles. The number of aromatic nitrogens is 3. The minimum Gasteiger partial charge on any atom is -0.436 e. The summed E-state index contributed by atoms with van der Waals surface area (Å²) in [4.78, 5) is 12.9. The van der Waals surface area contributed by atoms with Gasteiger partial charge in [-0.25, -0.2) is 15.0 Å². The summed E-state index contributed by atoms with van der Waals surface area (Å²) in [5.74, 6) is 0.843. The van der Waals surface area contributed by atoms with Gasteiger partial charge in [-0.15, -0.1) is 0 Å². The van der Waals surface area contributed by atoms with E-state index in [9.17, 15) is 0 Å². The van der Waals surface area contributed by atoms with Crippen LogP contribution >= 0.6 is 11.8 Å². The second kappa shape index (κ2) is 4.42. The highest BCUT2D eigenvalue weighted by Crippen LogP contribution is 2.31. The Morgan fingerprint density at radius 2 is 1.94 bits per heavy atom. The average Bonchev–Trinajstić information content (AvgIpc) is 2.69. The van der Waals surface area contributed by atoms with Crippen LogP contribution in [0.1, 0.15) is 11.5 Å². The number of hydrogen-bond donors (Lipinski definition) is 0. The smallest absolute Gasteiger partial charge is 0.262 e. The highest BCUT2D eigenvalue weighted by atomic mass is 32.2. The van der Waals surface area contributed by atoms with Crippen LogP contribution in [0.3, 0.4) is 0 Å². The fraction of sp³-hybridized carbons (Fsp3) is 0.154. The topological polar surface area (TPSA) is 51.8 Å². The first-order valence-corrected chi connectivity index (χ1v) is 6.37. The maximum atomic E-state index is 5.56. The Hall–Kier alpha value is -1.88. The third-order valence-electron chi connectivity index (χ3n) is 2.70. The lowest BCUT2D eigenvalue weighted by molar-refractivity contribution is 0.431. The molecule has 0 bridgehead atoms. The maximum absolute atomic E-state index is 5.56. The normalized spacial score (nSPS) is 11.0. The monoisotopic (exact) mass is 257 g/mol. The van der Waals surface area contributed by atoms with Gasteiger partial charge in [-0.1, -0.05) is 18.2 Å². The highest BCUT2D eigenvalue weighted by molar-refractivity contribution is 7.99. The van der Waals surface area contributed by atoms with Gasteiger partial charge in [-0.2, -0.15) is 0 Å². The molecule has 0 N–H and O–H groups in total. The van der Waals surface area contributed by atoms with Crippen molar-refractivity contribution in [2.24, 2.45) is 0 Å². The minimum atomic E-state index is 0.619. The largest absolute Gasteiger partial charge is 0.436 e. The zero-order valence-electron chi connectivity index (χ0n) is 10.0. The van der Waals surface area contributed by atoms with Gasteiger partial charge < -0.3 is 4.42 Å². The zero-order chi connectivity index (χ0) is 12.5. The molecule has 0 fully saturated rings. The van der Waals surface area contributed by atoms with Gasteiger partial charge in [0.05, 0.1) is 11.2 Å². The van der Waals surface area contributed by atoms with Crippen LogP contribution in [0, 0.1) is 13.8 Å². The van der Waals surface area contributed by atoms with Gasteiger partial charge in [0, 0.05) is 5.39 Å². The average molecular weight is 257 g/mol. The molecule has 18 heavy (non-hydrogen) atoms. The van der Waals surface area contributed by atoms with Crippen molar-refractivity contribution in [1.82, 2.24) is 15.0 Å². The minimum absolute atomic E-state index is 0.619. The number of oxazole rings is 1. The number of rotatable bonds is 2. The van der Waals surface area contributed by atoms with Gasteiger partial charge in [0.2, 0.25) is 0 Å². The fourth-order valence-corrected chi connectivity index (χ4v) is 2.53. The van der Waals surface area contributed by atoms with Crippen LogP contribution in [-0.2, 0) is 0 Å². The molecule has 0 saturated heterocycles. The van der Waals surface area contributed by atoms with E-state index < -0.39 is 0 Å². The fourth-order valence-electron chi connectivity index (χ4n) is 1.63. The Morgan fingerprint density at radius 3 is 2.72 bits per heavy atom. The van der Waals surface area contributed by atoms with Crippen molar-refractivity contribution >= 4 is 22.7 Å². The lowest BCUT2D eigenvalue weighted by atomic mass is 10.2. The van der Waals surface area contributed by atoms with E-state index in [1.807, 2.05) is 38.1 Å². The molecule has 0 unspecified atom stereocenters. The zero-order valence-corrected chi connectivity index (χ0v) is 10.9. The van der Waals surface area contributed by atoms with Crippen molar-refractivity contribution in [3.05, 3.63) is 42.0 Å². The predicted molar refractivity (Wildman–Crippen MR) is 69.6 cm³/mol. The lowest BCUT2D eigenvalue weighted by Crippen LogP contribution is -1.86. The third-order valence-corrected chi connectivity index (χ3v) is 3.57. The first-order chi connectivity index (χ1) is 8.74.